The number of hydrogen-bond acceptors (Lipinski definition) is 8. The third-order valence-electron chi connectivity index (χ3n) is 8.22. The van der Waals surface area contributed by atoms with Crippen LogP contribution in [0.2, 0.25) is 0 Å². The second-order valence-corrected chi connectivity index (χ2v) is 13.8. The maximum Gasteiger partial charge on any atom is 0.573 e. The number of aromatic carboxylic acids is 1. The number of carbonyl (C=O) groups excluding carboxylic acids is 5. The molecule has 6 aromatic carbocycles. The lowest BCUT2D eigenvalue weighted by Gasteiger charge is -2.13. The van der Waals surface area contributed by atoms with Crippen molar-refractivity contribution in [3.05, 3.63) is 185 Å². The number of hydrogen-bond donors (Lipinski definition) is 4. The SMILES string of the molecule is O=C(Cl)c1cccc(NC(=O)c2ccc(C(F)(F)F)cc2)c1.O=C(Cl)c1cccc(NC(=O)c2ccccc2OC(F)(F)F)c1.O=C(O)c1cccc(NC(=O)c2cccc(OC(F)(F)F)c2)c1. The second kappa shape index (κ2) is 23.0. The molecule has 0 saturated heterocycles. The highest BCUT2D eigenvalue weighted by molar-refractivity contribution is 6.68. The minimum Gasteiger partial charge on any atom is -0.478 e. The number of carboxylic acids is 1. The Bertz CT molecular complexity index is 2800. The molecule has 3 amide bonds. The fourth-order valence-corrected chi connectivity index (χ4v) is 5.52. The molecule has 6 rings (SSSR count). The van der Waals surface area contributed by atoms with Gasteiger partial charge in [-0.15, -0.1) is 26.3 Å². The fourth-order valence-electron chi connectivity index (χ4n) is 5.29. The van der Waals surface area contributed by atoms with Gasteiger partial charge in [-0.3, -0.25) is 24.0 Å². The summed E-state index contributed by atoms with van der Waals surface area (Å²) in [6, 6.07) is 30.3. The summed E-state index contributed by atoms with van der Waals surface area (Å²) in [5, 5.41) is 14.7. The summed E-state index contributed by atoms with van der Waals surface area (Å²) >= 11 is 10.7. The predicted octanol–water partition coefficient (Wildman–Crippen LogP) is 12.1. The van der Waals surface area contributed by atoms with Gasteiger partial charge in [0.15, 0.2) is 0 Å². The summed E-state index contributed by atoms with van der Waals surface area (Å²) in [7, 11) is 0. The summed E-state index contributed by atoms with van der Waals surface area (Å²) < 4.78 is 118. The van der Waals surface area contributed by atoms with Crippen molar-refractivity contribution < 1.29 is 82.9 Å². The fraction of sp³-hybridized carbons (Fsp3) is 0.0667. The molecule has 23 heteroatoms. The average Bonchev–Trinajstić information content (AvgIpc) is 3.26. The Balaban J connectivity index is 0.000000222. The van der Waals surface area contributed by atoms with E-state index in [0.717, 1.165) is 42.5 Å². The zero-order chi connectivity index (χ0) is 50.4. The van der Waals surface area contributed by atoms with Crippen LogP contribution in [0.25, 0.3) is 0 Å². The van der Waals surface area contributed by atoms with E-state index in [1.807, 2.05) is 0 Å². The lowest BCUT2D eigenvalue weighted by Crippen LogP contribution is -2.20. The molecule has 0 heterocycles. The van der Waals surface area contributed by atoms with Gasteiger partial charge in [0, 0.05) is 39.3 Å². The molecule has 0 aromatic heterocycles. The van der Waals surface area contributed by atoms with E-state index in [2.05, 4.69) is 25.4 Å². The van der Waals surface area contributed by atoms with Crippen LogP contribution in [-0.4, -0.2) is 52.0 Å². The van der Waals surface area contributed by atoms with E-state index >= 15 is 0 Å². The molecule has 0 fully saturated rings. The van der Waals surface area contributed by atoms with Gasteiger partial charge in [-0.25, -0.2) is 4.79 Å². The van der Waals surface area contributed by atoms with Crippen molar-refractivity contribution in [2.75, 3.05) is 16.0 Å². The smallest absolute Gasteiger partial charge is 0.478 e. The van der Waals surface area contributed by atoms with Gasteiger partial charge in [0.2, 0.25) is 0 Å². The highest BCUT2D eigenvalue weighted by atomic mass is 35.5. The van der Waals surface area contributed by atoms with Crippen molar-refractivity contribution in [1.82, 2.24) is 0 Å². The largest absolute Gasteiger partial charge is 0.573 e. The molecular weight excluding hydrogens is 968 g/mol. The monoisotopic (exact) mass is 995 g/mol. The topological polar surface area (TPSA) is 177 Å². The Labute approximate surface area is 387 Å². The van der Waals surface area contributed by atoms with E-state index in [-0.39, 0.29) is 44.8 Å². The standard InChI is InChI=1S/C15H9ClF3NO3.C15H9ClF3NO2.C15H10F3NO4/c16-13(21)9-4-3-5-10(8-9)20-14(22)11-6-1-2-7-12(11)23-15(17,18)19;16-13(21)10-2-1-3-12(8-10)20-14(22)9-4-6-11(7-5-9)15(17,18)19;16-15(17,18)23-12-6-2-3-9(8-12)13(20)19-11-5-1-4-10(7-11)14(21)22/h1-8H,(H,20,22);1-8H,(H,20,22);1-8H,(H,19,20)(H,21,22). The molecule has 0 saturated carbocycles. The molecule has 0 bridgehead atoms. The van der Waals surface area contributed by atoms with Crippen LogP contribution >= 0.6 is 23.2 Å². The van der Waals surface area contributed by atoms with Crippen LogP contribution in [0.5, 0.6) is 11.5 Å². The van der Waals surface area contributed by atoms with E-state index < -0.39 is 70.1 Å². The van der Waals surface area contributed by atoms with Crippen LogP contribution in [-0.2, 0) is 6.18 Å². The van der Waals surface area contributed by atoms with E-state index in [9.17, 15) is 68.3 Å². The van der Waals surface area contributed by atoms with Crippen LogP contribution in [0, 0.1) is 0 Å². The Morgan fingerprint density at radius 1 is 0.441 bits per heavy atom. The highest BCUT2D eigenvalue weighted by Gasteiger charge is 2.33. The molecule has 4 N–H and O–H groups in total. The first-order chi connectivity index (χ1) is 31.8. The lowest BCUT2D eigenvalue weighted by atomic mass is 10.1. The summed E-state index contributed by atoms with van der Waals surface area (Å²) in [6.45, 7) is 0. The molecule has 0 aliphatic rings. The van der Waals surface area contributed by atoms with Gasteiger partial charge in [0.05, 0.1) is 16.7 Å². The summed E-state index contributed by atoms with van der Waals surface area (Å²) in [5.74, 6) is -4.41. The first-order valence-electron chi connectivity index (χ1n) is 18.5. The zero-order valence-corrected chi connectivity index (χ0v) is 35.2. The van der Waals surface area contributed by atoms with Gasteiger partial charge in [-0.05, 0) is 132 Å². The Morgan fingerprint density at radius 3 is 1.34 bits per heavy atom. The van der Waals surface area contributed by atoms with Gasteiger partial charge >= 0.3 is 24.9 Å². The quantitative estimate of drug-likeness (QED) is 0.0726. The predicted molar refractivity (Wildman–Crippen MR) is 228 cm³/mol. The van der Waals surface area contributed by atoms with Crippen LogP contribution in [0.15, 0.2) is 146 Å². The summed E-state index contributed by atoms with van der Waals surface area (Å²) in [5.41, 5.74) is -0.0841. The number of carbonyl (C=O) groups is 6. The second-order valence-electron chi connectivity index (χ2n) is 13.2. The zero-order valence-electron chi connectivity index (χ0n) is 33.7. The number of para-hydroxylation sites is 1. The molecular formula is C45H28Cl2F9N3O9. The number of ether oxygens (including phenoxy) is 2. The van der Waals surface area contributed by atoms with E-state index in [1.54, 1.807) is 0 Å². The van der Waals surface area contributed by atoms with Crippen LogP contribution in [0.4, 0.5) is 56.6 Å². The lowest BCUT2D eigenvalue weighted by molar-refractivity contribution is -0.275. The maximum absolute atomic E-state index is 12.4. The molecule has 0 atom stereocenters. The molecule has 0 aliphatic heterocycles. The maximum atomic E-state index is 12.4. The van der Waals surface area contributed by atoms with Gasteiger partial charge in [0.1, 0.15) is 11.5 Å². The molecule has 68 heavy (non-hydrogen) atoms. The third kappa shape index (κ3) is 17.1. The first kappa shape index (κ1) is 52.7. The minimum atomic E-state index is -4.92. The van der Waals surface area contributed by atoms with Crippen molar-refractivity contribution in [3.63, 3.8) is 0 Å². The van der Waals surface area contributed by atoms with Crippen molar-refractivity contribution >= 4 is 74.4 Å². The van der Waals surface area contributed by atoms with Gasteiger partial charge < -0.3 is 30.5 Å². The Hall–Kier alpha value is -7.91. The van der Waals surface area contributed by atoms with Gasteiger partial charge in [0.25, 0.3) is 28.2 Å². The number of halogens is 11. The molecule has 0 aliphatic carbocycles. The van der Waals surface area contributed by atoms with Gasteiger partial charge in [-0.2, -0.15) is 13.2 Å². The molecule has 0 spiro atoms. The molecule has 12 nitrogen and oxygen atoms in total. The Morgan fingerprint density at radius 2 is 0.868 bits per heavy atom. The molecule has 0 unspecified atom stereocenters. The van der Waals surface area contributed by atoms with Crippen LogP contribution in [0.1, 0.15) is 67.7 Å². The van der Waals surface area contributed by atoms with Crippen LogP contribution < -0.4 is 25.4 Å². The van der Waals surface area contributed by atoms with Crippen molar-refractivity contribution in [1.29, 1.82) is 0 Å². The minimum absolute atomic E-state index is 0.0306. The average molecular weight is 997 g/mol. The number of alkyl halides is 9. The van der Waals surface area contributed by atoms with Crippen molar-refractivity contribution in [2.24, 2.45) is 0 Å². The number of rotatable bonds is 11. The molecule has 0 radical (unpaired) electrons. The normalized spacial score (nSPS) is 11.0. The van der Waals surface area contributed by atoms with Crippen LogP contribution in [0.3, 0.4) is 0 Å². The molecule has 6 aromatic rings. The summed E-state index contributed by atoms with van der Waals surface area (Å²) in [4.78, 5) is 69.0. The number of benzene rings is 6. The first-order valence-corrected chi connectivity index (χ1v) is 19.3. The Kier molecular flexibility index (Phi) is 17.8. The number of carboxylic acid groups (broad SMARTS) is 1. The number of anilines is 3. The highest BCUT2D eigenvalue weighted by Crippen LogP contribution is 2.30. The van der Waals surface area contributed by atoms with E-state index in [4.69, 9.17) is 28.3 Å². The third-order valence-corrected chi connectivity index (χ3v) is 8.66. The van der Waals surface area contributed by atoms with Crippen molar-refractivity contribution in [3.8, 4) is 11.5 Å². The number of amides is 3. The number of nitrogens with one attached hydrogen (secondary N) is 3. The van der Waals surface area contributed by atoms with E-state index in [1.165, 1.54) is 103 Å². The van der Waals surface area contributed by atoms with Gasteiger partial charge in [-0.1, -0.05) is 36.4 Å². The van der Waals surface area contributed by atoms with Crippen molar-refractivity contribution in [2.45, 2.75) is 18.9 Å². The molecule has 354 valence electrons. The van der Waals surface area contributed by atoms with E-state index in [0.29, 0.717) is 5.69 Å². The summed E-state index contributed by atoms with van der Waals surface area (Å²) in [6.07, 6.45) is -14.2.